The monoisotopic (exact) mass is 266 g/mol. The van der Waals surface area contributed by atoms with Crippen LogP contribution in [0.2, 0.25) is 0 Å². The minimum absolute atomic E-state index is 0.134. The first-order valence-electron chi connectivity index (χ1n) is 6.16. The van der Waals surface area contributed by atoms with Gasteiger partial charge in [0.2, 0.25) is 10.0 Å². The number of ether oxygens (including phenoxy) is 1. The van der Waals surface area contributed by atoms with Gasteiger partial charge >= 0.3 is 0 Å². The molecule has 0 heterocycles. The zero-order chi connectivity index (χ0) is 13.3. The molecule has 0 amide bonds. The first-order valence-corrected chi connectivity index (χ1v) is 7.81. The van der Waals surface area contributed by atoms with Gasteiger partial charge in [-0.1, -0.05) is 13.8 Å². The molecule has 2 N–H and O–H groups in total. The lowest BCUT2D eigenvalue weighted by Gasteiger charge is -2.10. The van der Waals surface area contributed by atoms with Crippen molar-refractivity contribution in [2.24, 2.45) is 0 Å². The average molecular weight is 266 g/mol. The Hall–Kier alpha value is -0.170. The second kappa shape index (κ2) is 8.85. The highest BCUT2D eigenvalue weighted by Crippen LogP contribution is 1.91. The van der Waals surface area contributed by atoms with Gasteiger partial charge in [-0.25, -0.2) is 13.1 Å². The van der Waals surface area contributed by atoms with Gasteiger partial charge in [0, 0.05) is 12.6 Å². The fourth-order valence-corrected chi connectivity index (χ4v) is 2.28. The molecule has 0 aromatic rings. The molecule has 0 rings (SSSR count). The lowest BCUT2D eigenvalue weighted by atomic mass is 10.4. The summed E-state index contributed by atoms with van der Waals surface area (Å²) in [6.45, 7) is 9.41. The van der Waals surface area contributed by atoms with E-state index in [2.05, 4.69) is 10.0 Å². The van der Waals surface area contributed by atoms with Crippen molar-refractivity contribution in [1.29, 1.82) is 0 Å². The van der Waals surface area contributed by atoms with E-state index in [1.807, 2.05) is 27.7 Å². The van der Waals surface area contributed by atoms with Crippen LogP contribution in [0, 0.1) is 0 Å². The summed E-state index contributed by atoms with van der Waals surface area (Å²) in [5.41, 5.74) is 0. The zero-order valence-corrected chi connectivity index (χ0v) is 12.1. The van der Waals surface area contributed by atoms with Crippen LogP contribution in [-0.2, 0) is 14.8 Å². The Morgan fingerprint density at radius 2 is 1.76 bits per heavy atom. The van der Waals surface area contributed by atoms with Crippen molar-refractivity contribution in [2.45, 2.75) is 46.3 Å². The average Bonchev–Trinajstić information content (AvgIpc) is 2.19. The second-order valence-corrected chi connectivity index (χ2v) is 6.52. The van der Waals surface area contributed by atoms with Gasteiger partial charge in [-0.3, -0.25) is 0 Å². The summed E-state index contributed by atoms with van der Waals surface area (Å²) < 4.78 is 30.8. The lowest BCUT2D eigenvalue weighted by molar-refractivity contribution is 0.0834. The van der Waals surface area contributed by atoms with Gasteiger partial charge in [0.25, 0.3) is 0 Å². The Labute approximate surface area is 105 Å². The molecule has 5 nitrogen and oxygen atoms in total. The second-order valence-electron chi connectivity index (χ2n) is 4.60. The van der Waals surface area contributed by atoms with E-state index >= 15 is 0 Å². The Balaban J connectivity index is 3.59. The molecule has 0 aromatic carbocycles. The highest BCUT2D eigenvalue weighted by molar-refractivity contribution is 7.89. The summed E-state index contributed by atoms with van der Waals surface area (Å²) in [5, 5.41) is 3.18. The number of hydrogen-bond acceptors (Lipinski definition) is 4. The first kappa shape index (κ1) is 16.8. The van der Waals surface area contributed by atoms with Gasteiger partial charge in [-0.15, -0.1) is 0 Å². The Morgan fingerprint density at radius 1 is 1.12 bits per heavy atom. The molecule has 0 saturated heterocycles. The van der Waals surface area contributed by atoms with E-state index in [-0.39, 0.29) is 11.9 Å². The lowest BCUT2D eigenvalue weighted by Crippen LogP contribution is -2.32. The van der Waals surface area contributed by atoms with Crippen LogP contribution in [0.25, 0.3) is 0 Å². The molecule has 0 radical (unpaired) electrons. The van der Waals surface area contributed by atoms with Crippen LogP contribution in [0.3, 0.4) is 0 Å². The predicted molar refractivity (Wildman–Crippen MR) is 70.6 cm³/mol. The molecular formula is C11H26N2O3S. The number of nitrogens with one attached hydrogen (secondary N) is 2. The van der Waals surface area contributed by atoms with Crippen molar-refractivity contribution in [1.82, 2.24) is 10.0 Å². The van der Waals surface area contributed by atoms with Crippen LogP contribution in [0.15, 0.2) is 0 Å². The molecule has 0 unspecified atom stereocenters. The van der Waals surface area contributed by atoms with Gasteiger partial charge in [0.15, 0.2) is 0 Å². The van der Waals surface area contributed by atoms with Crippen molar-refractivity contribution in [3.8, 4) is 0 Å². The fourth-order valence-electron chi connectivity index (χ4n) is 1.22. The quantitative estimate of drug-likeness (QED) is 0.572. The third-order valence-corrected chi connectivity index (χ3v) is 3.49. The Morgan fingerprint density at radius 3 is 2.29 bits per heavy atom. The van der Waals surface area contributed by atoms with E-state index in [9.17, 15) is 8.42 Å². The molecule has 0 spiro atoms. The highest BCUT2D eigenvalue weighted by Gasteiger charge is 2.09. The summed E-state index contributed by atoms with van der Waals surface area (Å²) in [5.74, 6) is 0.161. The number of rotatable bonds is 10. The molecule has 0 aliphatic rings. The topological polar surface area (TPSA) is 67.4 Å². The Bertz CT molecular complexity index is 254. The largest absolute Gasteiger partial charge is 0.377 e. The maximum atomic E-state index is 11.5. The molecule has 17 heavy (non-hydrogen) atoms. The van der Waals surface area contributed by atoms with Crippen LogP contribution in [0.4, 0.5) is 0 Å². The molecule has 0 fully saturated rings. The maximum Gasteiger partial charge on any atom is 0.211 e. The minimum atomic E-state index is -3.15. The predicted octanol–water partition coefficient (Wildman–Crippen LogP) is 0.719. The van der Waals surface area contributed by atoms with Gasteiger partial charge in [-0.05, 0) is 26.8 Å². The number of hydrogen-bond donors (Lipinski definition) is 2. The SMILES string of the molecule is CC(C)NCCCS(=O)(=O)NCCOC(C)C. The van der Waals surface area contributed by atoms with Gasteiger partial charge in [-0.2, -0.15) is 0 Å². The molecule has 6 heteroatoms. The van der Waals surface area contributed by atoms with Crippen LogP contribution in [-0.4, -0.2) is 46.0 Å². The molecule has 0 aliphatic carbocycles. The molecule has 0 bridgehead atoms. The standard InChI is InChI=1S/C11H26N2O3S/c1-10(2)12-6-5-9-17(14,15)13-7-8-16-11(3)4/h10-13H,5-9H2,1-4H3. The summed E-state index contributed by atoms with van der Waals surface area (Å²) in [4.78, 5) is 0. The van der Waals surface area contributed by atoms with Gasteiger partial charge < -0.3 is 10.1 Å². The fraction of sp³-hybridized carbons (Fsp3) is 1.00. The van der Waals surface area contributed by atoms with Crippen molar-refractivity contribution in [2.75, 3.05) is 25.4 Å². The normalized spacial score (nSPS) is 12.6. The van der Waals surface area contributed by atoms with Crippen LogP contribution >= 0.6 is 0 Å². The van der Waals surface area contributed by atoms with E-state index < -0.39 is 10.0 Å². The molecule has 0 atom stereocenters. The van der Waals surface area contributed by atoms with Gasteiger partial charge in [0.1, 0.15) is 0 Å². The molecule has 0 aromatic heterocycles. The maximum absolute atomic E-state index is 11.5. The minimum Gasteiger partial charge on any atom is -0.377 e. The van der Waals surface area contributed by atoms with E-state index in [0.717, 1.165) is 6.54 Å². The van der Waals surface area contributed by atoms with E-state index in [1.165, 1.54) is 0 Å². The molecule has 0 saturated carbocycles. The number of sulfonamides is 1. The van der Waals surface area contributed by atoms with Crippen molar-refractivity contribution >= 4 is 10.0 Å². The third-order valence-electron chi connectivity index (χ3n) is 2.02. The van der Waals surface area contributed by atoms with Crippen molar-refractivity contribution < 1.29 is 13.2 Å². The van der Waals surface area contributed by atoms with Crippen molar-refractivity contribution in [3.63, 3.8) is 0 Å². The molecule has 104 valence electrons. The Kier molecular flexibility index (Phi) is 8.77. The zero-order valence-electron chi connectivity index (χ0n) is 11.3. The summed E-state index contributed by atoms with van der Waals surface area (Å²) in [6, 6.07) is 0.394. The molecule has 0 aliphatic heterocycles. The van der Waals surface area contributed by atoms with Crippen LogP contribution in [0.1, 0.15) is 34.1 Å². The van der Waals surface area contributed by atoms with Crippen LogP contribution < -0.4 is 10.0 Å². The highest BCUT2D eigenvalue weighted by atomic mass is 32.2. The summed E-state index contributed by atoms with van der Waals surface area (Å²) >= 11 is 0. The summed E-state index contributed by atoms with van der Waals surface area (Å²) in [6.07, 6.45) is 0.758. The smallest absolute Gasteiger partial charge is 0.211 e. The molecular weight excluding hydrogens is 240 g/mol. The van der Waals surface area contributed by atoms with Crippen LogP contribution in [0.5, 0.6) is 0 Å². The van der Waals surface area contributed by atoms with Crippen molar-refractivity contribution in [3.05, 3.63) is 0 Å². The third kappa shape index (κ3) is 12.1. The van der Waals surface area contributed by atoms with E-state index in [0.29, 0.717) is 25.6 Å². The van der Waals surface area contributed by atoms with E-state index in [1.54, 1.807) is 0 Å². The van der Waals surface area contributed by atoms with Gasteiger partial charge in [0.05, 0.1) is 18.5 Å². The van der Waals surface area contributed by atoms with E-state index in [4.69, 9.17) is 4.74 Å². The summed E-state index contributed by atoms with van der Waals surface area (Å²) in [7, 11) is -3.15. The first-order chi connectivity index (χ1) is 7.83.